The average molecular weight is 214 g/mol. The molecule has 0 heterocycles. The van der Waals surface area contributed by atoms with E-state index in [1.165, 1.54) is 0 Å². The molecule has 0 bridgehead atoms. The van der Waals surface area contributed by atoms with Crippen molar-refractivity contribution in [3.63, 3.8) is 0 Å². The van der Waals surface area contributed by atoms with Gasteiger partial charge in [0, 0.05) is 12.1 Å². The molecule has 0 unspecified atom stereocenters. The molecule has 16 heavy (non-hydrogen) atoms. The molecule has 0 radical (unpaired) electrons. The maximum absolute atomic E-state index is 11.0. The zero-order chi connectivity index (χ0) is 11.4. The maximum atomic E-state index is 11.0. The first-order valence-corrected chi connectivity index (χ1v) is 4.79. The van der Waals surface area contributed by atoms with Gasteiger partial charge >= 0.3 is 0 Å². The Hall–Kier alpha value is -2.36. The Morgan fingerprint density at radius 2 is 1.44 bits per heavy atom. The first-order chi connectivity index (χ1) is 7.81. The fourth-order valence-corrected chi connectivity index (χ4v) is 1.46. The first kappa shape index (κ1) is 10.2. The van der Waals surface area contributed by atoms with Crippen LogP contribution in [0.5, 0.6) is 0 Å². The van der Waals surface area contributed by atoms with Crippen LogP contribution < -0.4 is 0 Å². The Kier molecular flexibility index (Phi) is 2.82. The van der Waals surface area contributed by atoms with Gasteiger partial charge in [-0.25, -0.2) is 0 Å². The van der Waals surface area contributed by atoms with Crippen LogP contribution in [0.2, 0.25) is 0 Å². The molecule has 0 aliphatic rings. The van der Waals surface area contributed by atoms with Gasteiger partial charge in [0.2, 0.25) is 11.0 Å². The molecule has 1 N–H and O–H groups in total. The van der Waals surface area contributed by atoms with E-state index in [9.17, 15) is 5.21 Å². The van der Waals surface area contributed by atoms with Crippen molar-refractivity contribution in [2.45, 2.75) is 0 Å². The van der Waals surface area contributed by atoms with Gasteiger partial charge in [0.1, 0.15) is 0 Å². The van der Waals surface area contributed by atoms with Crippen LogP contribution in [0.3, 0.4) is 0 Å². The fourth-order valence-electron chi connectivity index (χ4n) is 1.46. The van der Waals surface area contributed by atoms with Crippen molar-refractivity contribution >= 4 is 5.69 Å². The molecule has 4 heteroatoms. The quantitative estimate of drug-likeness (QED) is 0.473. The number of hydrogen-bond donors (Lipinski definition) is 1. The monoisotopic (exact) mass is 214 g/mol. The Labute approximate surface area is 92.6 Å². The van der Waals surface area contributed by atoms with Gasteiger partial charge in [-0.05, 0) is 28.1 Å². The van der Waals surface area contributed by atoms with Gasteiger partial charge in [0.25, 0.3) is 0 Å². The van der Waals surface area contributed by atoms with Crippen LogP contribution in [-0.2, 0) is 0 Å². The molecule has 0 spiro atoms. The minimum atomic E-state index is 0.161. The number of rotatable bonds is 2. The van der Waals surface area contributed by atoms with E-state index in [-0.39, 0.29) is 4.86 Å². The second-order valence-electron chi connectivity index (χ2n) is 3.28. The van der Waals surface area contributed by atoms with Gasteiger partial charge in [0.15, 0.2) is 0 Å². The van der Waals surface area contributed by atoms with Crippen molar-refractivity contribution in [2.75, 3.05) is 0 Å². The third-order valence-electron chi connectivity index (χ3n) is 2.28. The topological polar surface area (TPSA) is 58.7 Å². The van der Waals surface area contributed by atoms with Crippen LogP contribution >= 0.6 is 0 Å². The Balaban J connectivity index is 2.34. The highest BCUT2D eigenvalue weighted by Crippen LogP contribution is 2.21. The summed E-state index contributed by atoms with van der Waals surface area (Å²) in [6.45, 7) is 0. The fraction of sp³-hybridized carbons (Fsp3) is 0. The number of nitrogens with zero attached hydrogens (tertiary/aromatic N) is 2. The molecule has 0 aliphatic heterocycles. The molecule has 2 aromatic rings. The molecule has 2 rings (SSSR count). The summed E-state index contributed by atoms with van der Waals surface area (Å²) in [5, 5.41) is 21.8. The molecule has 0 fully saturated rings. The molecule has 4 nitrogen and oxygen atoms in total. The summed E-state index contributed by atoms with van der Waals surface area (Å²) in [6, 6.07) is 16.6. The minimum Gasteiger partial charge on any atom is -0.592 e. The van der Waals surface area contributed by atoms with E-state index in [1.807, 2.05) is 30.3 Å². The summed E-state index contributed by atoms with van der Waals surface area (Å²) in [7, 11) is 0. The third-order valence-corrected chi connectivity index (χ3v) is 2.28. The lowest BCUT2D eigenvalue weighted by molar-refractivity contribution is -0.473. The molecule has 0 atom stereocenters. The van der Waals surface area contributed by atoms with Crippen molar-refractivity contribution < 1.29 is 10.1 Å². The van der Waals surface area contributed by atoms with Crippen LogP contribution in [0.1, 0.15) is 0 Å². The number of benzene rings is 2. The summed E-state index contributed by atoms with van der Waals surface area (Å²) in [5.74, 6) is 0. The zero-order valence-corrected chi connectivity index (χ0v) is 8.45. The van der Waals surface area contributed by atoms with Gasteiger partial charge in [-0.2, -0.15) is 0 Å². The van der Waals surface area contributed by atoms with Gasteiger partial charge in [-0.15, -0.1) is 0 Å². The first-order valence-electron chi connectivity index (χ1n) is 4.79. The summed E-state index contributed by atoms with van der Waals surface area (Å²) >= 11 is 0. The molecule has 0 saturated carbocycles. The summed E-state index contributed by atoms with van der Waals surface area (Å²) in [4.78, 5) is 0.161. The minimum absolute atomic E-state index is 0.161. The van der Waals surface area contributed by atoms with E-state index in [0.717, 1.165) is 11.1 Å². The van der Waals surface area contributed by atoms with Gasteiger partial charge in [0.05, 0.1) is 0 Å². The van der Waals surface area contributed by atoms with Gasteiger partial charge in [-0.3, -0.25) is 0 Å². The molecule has 2 aromatic carbocycles. The van der Waals surface area contributed by atoms with Crippen LogP contribution in [0.15, 0.2) is 59.9 Å². The van der Waals surface area contributed by atoms with Crippen molar-refractivity contribution in [1.82, 2.24) is 0 Å². The van der Waals surface area contributed by atoms with Gasteiger partial charge in [-0.1, -0.05) is 30.3 Å². The maximum Gasteiger partial charge on any atom is 0.248 e. The van der Waals surface area contributed by atoms with Crippen LogP contribution in [0.25, 0.3) is 11.1 Å². The second-order valence-corrected chi connectivity index (χ2v) is 3.28. The predicted octanol–water partition coefficient (Wildman–Crippen LogP) is 3.34. The van der Waals surface area contributed by atoms with E-state index in [2.05, 4.69) is 5.28 Å². The predicted molar refractivity (Wildman–Crippen MR) is 59.4 cm³/mol. The zero-order valence-electron chi connectivity index (χ0n) is 8.45. The molecule has 0 saturated heterocycles. The third kappa shape index (κ3) is 2.00. The van der Waals surface area contributed by atoms with Crippen molar-refractivity contribution in [1.29, 1.82) is 0 Å². The Bertz CT molecular complexity index is 492. The molecule has 0 aliphatic carbocycles. The highest BCUT2D eigenvalue weighted by molar-refractivity contribution is 5.64. The van der Waals surface area contributed by atoms with Gasteiger partial charge < -0.3 is 10.4 Å². The SMILES string of the molecule is [O-][N+](=NO)c1ccc(-c2ccccc2)cc1. The van der Waals surface area contributed by atoms with Crippen molar-refractivity contribution in [3.05, 3.63) is 59.8 Å². The molecule has 80 valence electrons. The molecule has 0 aromatic heterocycles. The van der Waals surface area contributed by atoms with Crippen LogP contribution in [-0.4, -0.2) is 10.1 Å². The van der Waals surface area contributed by atoms with Crippen molar-refractivity contribution in [2.24, 2.45) is 5.28 Å². The smallest absolute Gasteiger partial charge is 0.248 e. The Morgan fingerprint density at radius 3 is 2.00 bits per heavy atom. The lowest BCUT2D eigenvalue weighted by Gasteiger charge is -2.01. The summed E-state index contributed by atoms with van der Waals surface area (Å²) in [6.07, 6.45) is 0. The average Bonchev–Trinajstić information content (AvgIpc) is 2.39. The van der Waals surface area contributed by atoms with Crippen LogP contribution in [0.4, 0.5) is 5.69 Å². The highest BCUT2D eigenvalue weighted by Gasteiger charge is 2.03. The van der Waals surface area contributed by atoms with E-state index in [0.29, 0.717) is 5.69 Å². The van der Waals surface area contributed by atoms with E-state index < -0.39 is 0 Å². The lowest BCUT2D eigenvalue weighted by Crippen LogP contribution is -1.89. The normalized spacial score (nSPS) is 11.4. The Morgan fingerprint density at radius 1 is 0.875 bits per heavy atom. The molecular weight excluding hydrogens is 204 g/mol. The standard InChI is InChI=1S/C12H10N2O2/c15-13-14(16)12-8-6-11(7-9-12)10-4-2-1-3-5-10/h1-9,15H. The summed E-state index contributed by atoms with van der Waals surface area (Å²) < 4.78 is 0. The van der Waals surface area contributed by atoms with E-state index in [4.69, 9.17) is 5.21 Å². The lowest BCUT2D eigenvalue weighted by atomic mass is 10.1. The second kappa shape index (κ2) is 4.44. The van der Waals surface area contributed by atoms with Crippen LogP contribution in [0, 0.1) is 5.21 Å². The van der Waals surface area contributed by atoms with E-state index in [1.54, 1.807) is 24.3 Å². The summed E-state index contributed by atoms with van der Waals surface area (Å²) in [5.41, 5.74) is 2.38. The largest absolute Gasteiger partial charge is 0.592 e. The molecular formula is C12H10N2O2. The van der Waals surface area contributed by atoms with Crippen molar-refractivity contribution in [3.8, 4) is 11.1 Å². The highest BCUT2D eigenvalue weighted by atomic mass is 16.6. The molecule has 0 amide bonds. The number of hydrogen-bond acceptors (Lipinski definition) is 2. The van der Waals surface area contributed by atoms with E-state index >= 15 is 0 Å².